The Labute approximate surface area is 306 Å². The highest BCUT2D eigenvalue weighted by Gasteiger charge is 2.54. The number of carboxylic acid groups (broad SMARTS) is 1. The molecule has 0 aliphatic carbocycles. The smallest absolute Gasteiger partial charge is 0.452 e. The van der Waals surface area contributed by atoms with E-state index in [1.807, 2.05) is 6.92 Å². The molecule has 1 fully saturated rings. The minimum atomic E-state index is -4.75. The number of carbonyl (C=O) groups excluding carboxylic acids is 1. The van der Waals surface area contributed by atoms with Crippen molar-refractivity contribution in [3.63, 3.8) is 0 Å². The molecular weight excluding hydrogens is 717 g/mol. The number of carbonyl (C=O) groups is 2. The summed E-state index contributed by atoms with van der Waals surface area (Å²) in [6.07, 6.45) is -2.53. The van der Waals surface area contributed by atoms with E-state index in [0.717, 1.165) is 9.96 Å². The molecule has 1 saturated heterocycles. The van der Waals surface area contributed by atoms with Crippen LogP contribution in [0, 0.1) is 26.2 Å². The molecule has 1 aromatic carbocycles. The number of aliphatic carboxylic acids is 1. The number of nitrogens with zero attached hydrogens (tertiary/aromatic N) is 6. The molecule has 2 aliphatic heterocycles. The lowest BCUT2D eigenvalue weighted by Crippen LogP contribution is -2.70. The molecule has 3 aromatic heterocycles. The highest BCUT2D eigenvalue weighted by molar-refractivity contribution is 8.22. The van der Waals surface area contributed by atoms with Gasteiger partial charge in [-0.2, -0.15) is 17.5 Å². The van der Waals surface area contributed by atoms with Crippen molar-refractivity contribution in [3.05, 3.63) is 81.9 Å². The minimum Gasteiger partial charge on any atom is -0.481 e. The molecule has 53 heavy (non-hydrogen) atoms. The third kappa shape index (κ3) is 7.02. The van der Waals surface area contributed by atoms with Gasteiger partial charge in [-0.1, -0.05) is 18.2 Å². The number of rotatable bonds is 6. The second kappa shape index (κ2) is 12.8. The van der Waals surface area contributed by atoms with Gasteiger partial charge >= 0.3 is 18.2 Å². The van der Waals surface area contributed by atoms with E-state index in [1.165, 1.54) is 21.5 Å². The second-order valence-corrected chi connectivity index (χ2v) is 17.5. The van der Waals surface area contributed by atoms with Crippen LogP contribution in [0.3, 0.4) is 0 Å². The van der Waals surface area contributed by atoms with Gasteiger partial charge in [0.1, 0.15) is 10.5 Å². The monoisotopic (exact) mass is 760 g/mol. The number of likely N-dealkylation sites (tertiary alicyclic amines) is 1. The number of aryl methyl sites for hydroxylation is 3. The molecule has 13 nitrogen and oxygen atoms in total. The van der Waals surface area contributed by atoms with Crippen LogP contribution in [0.5, 0.6) is 5.88 Å². The van der Waals surface area contributed by atoms with E-state index < -0.39 is 57.4 Å². The number of benzene rings is 1. The lowest BCUT2D eigenvalue weighted by atomic mass is 9.70. The van der Waals surface area contributed by atoms with Gasteiger partial charge in [-0.3, -0.25) is 23.2 Å². The van der Waals surface area contributed by atoms with Gasteiger partial charge in [0.15, 0.2) is 11.2 Å². The Morgan fingerprint density at radius 1 is 1.02 bits per heavy atom. The molecule has 1 unspecified atom stereocenters. The van der Waals surface area contributed by atoms with Gasteiger partial charge in [0, 0.05) is 24.9 Å². The van der Waals surface area contributed by atoms with Gasteiger partial charge in [-0.05, 0) is 101 Å². The van der Waals surface area contributed by atoms with E-state index in [-0.39, 0.29) is 42.6 Å². The standard InChI is InChI=1S/C36H43F3N6O7S/c1-20-13-26-29(40-15-20)51-35(17-43(18-35)32(48)52-33(4,5)6)19-44(53(26,49)50)16-24-14-23(10-9-21(24)2)27(34(7,8)31(46)47)25-11-12-45-28(22(25)3)41-42-30(45)36(37,38)39/h9-15,27,49-50H,16-19H2,1-8H3,(H,46,47). The van der Waals surface area contributed by atoms with Crippen molar-refractivity contribution in [3.8, 4) is 5.88 Å². The van der Waals surface area contributed by atoms with Crippen LogP contribution in [0.1, 0.15) is 79.7 Å². The van der Waals surface area contributed by atoms with Crippen LogP contribution in [0.2, 0.25) is 0 Å². The average molecular weight is 761 g/mol. The molecule has 4 aromatic rings. The van der Waals surface area contributed by atoms with Crippen molar-refractivity contribution in [2.24, 2.45) is 5.41 Å². The van der Waals surface area contributed by atoms with Crippen molar-refractivity contribution in [1.29, 1.82) is 0 Å². The molecule has 286 valence electrons. The fraction of sp³-hybridized carbons (Fsp3) is 0.472. The van der Waals surface area contributed by atoms with E-state index in [2.05, 4.69) is 15.2 Å². The van der Waals surface area contributed by atoms with Crippen molar-refractivity contribution in [2.45, 2.75) is 90.1 Å². The first-order chi connectivity index (χ1) is 24.4. The zero-order chi connectivity index (χ0) is 39.1. The first-order valence-corrected chi connectivity index (χ1v) is 18.4. The van der Waals surface area contributed by atoms with Gasteiger partial charge in [0.2, 0.25) is 11.7 Å². The fourth-order valence-corrected chi connectivity index (χ4v) is 8.63. The summed E-state index contributed by atoms with van der Waals surface area (Å²) >= 11 is 0. The second-order valence-electron chi connectivity index (χ2n) is 15.5. The summed E-state index contributed by atoms with van der Waals surface area (Å²) in [6.45, 7) is 13.7. The Morgan fingerprint density at radius 3 is 2.32 bits per heavy atom. The van der Waals surface area contributed by atoms with Crippen molar-refractivity contribution in [1.82, 2.24) is 28.8 Å². The zero-order valence-corrected chi connectivity index (χ0v) is 31.5. The third-order valence-corrected chi connectivity index (χ3v) is 11.6. The van der Waals surface area contributed by atoms with Crippen LogP contribution in [0.25, 0.3) is 5.65 Å². The van der Waals surface area contributed by atoms with E-state index in [4.69, 9.17) is 9.47 Å². The SMILES string of the molecule is Cc1cnc2c(c1)S(O)(O)N(Cc1cc(C(c3ccn4c(C(F)(F)F)nnc4c3C)C(C)(C)C(=O)O)ccc1C)CC1(CN(C(=O)OC(C)(C)C)C1)O2. The first kappa shape index (κ1) is 38.3. The van der Waals surface area contributed by atoms with Crippen molar-refractivity contribution >= 4 is 28.5 Å². The Morgan fingerprint density at radius 2 is 1.70 bits per heavy atom. The predicted octanol–water partition coefficient (Wildman–Crippen LogP) is 7.22. The number of aromatic nitrogens is 4. The zero-order valence-electron chi connectivity index (χ0n) is 30.6. The number of ether oxygens (including phenoxy) is 2. The van der Waals surface area contributed by atoms with Gasteiger partial charge < -0.3 is 14.6 Å². The van der Waals surface area contributed by atoms with Gasteiger partial charge in [0.05, 0.1) is 25.0 Å². The van der Waals surface area contributed by atoms with E-state index in [0.29, 0.717) is 27.8 Å². The Hall–Kier alpha value is -4.45. The normalized spacial score (nSPS) is 18.5. The lowest BCUT2D eigenvalue weighted by Gasteiger charge is -2.50. The molecule has 1 atom stereocenters. The van der Waals surface area contributed by atoms with Crippen LogP contribution in [0.4, 0.5) is 18.0 Å². The van der Waals surface area contributed by atoms with E-state index in [1.54, 1.807) is 78.9 Å². The Balaban J connectivity index is 1.41. The number of hydrogen-bond acceptors (Lipinski definition) is 10. The molecule has 1 amide bonds. The van der Waals surface area contributed by atoms with Crippen molar-refractivity contribution in [2.75, 3.05) is 19.6 Å². The lowest BCUT2D eigenvalue weighted by molar-refractivity contribution is -0.147. The molecule has 0 bridgehead atoms. The summed E-state index contributed by atoms with van der Waals surface area (Å²) in [4.78, 5) is 31.7. The molecule has 0 saturated carbocycles. The highest BCUT2D eigenvalue weighted by Crippen LogP contribution is 2.59. The summed E-state index contributed by atoms with van der Waals surface area (Å²) in [7, 11) is -3.73. The maximum Gasteiger partial charge on any atom is 0.452 e. The van der Waals surface area contributed by atoms with Crippen LogP contribution < -0.4 is 4.74 Å². The van der Waals surface area contributed by atoms with Crippen LogP contribution in [-0.4, -0.2) is 85.9 Å². The number of carboxylic acids is 1. The molecule has 2 aliphatic rings. The molecule has 5 heterocycles. The predicted molar refractivity (Wildman–Crippen MR) is 189 cm³/mol. The minimum absolute atomic E-state index is 0.0120. The molecule has 6 rings (SSSR count). The van der Waals surface area contributed by atoms with Crippen LogP contribution in [0.15, 0.2) is 47.6 Å². The first-order valence-electron chi connectivity index (χ1n) is 16.8. The van der Waals surface area contributed by atoms with Gasteiger partial charge in [-0.15, -0.1) is 21.0 Å². The molecular formula is C36H43F3N6O7S. The molecule has 17 heteroatoms. The van der Waals surface area contributed by atoms with Gasteiger partial charge in [-0.25, -0.2) is 9.78 Å². The summed E-state index contributed by atoms with van der Waals surface area (Å²) in [5.74, 6) is -3.17. The fourth-order valence-electron chi connectivity index (χ4n) is 6.95. The number of amides is 1. The molecule has 3 N–H and O–H groups in total. The number of pyridine rings is 2. The highest BCUT2D eigenvalue weighted by atomic mass is 32.3. The van der Waals surface area contributed by atoms with Crippen LogP contribution >= 0.6 is 10.8 Å². The largest absolute Gasteiger partial charge is 0.481 e. The van der Waals surface area contributed by atoms with Crippen LogP contribution in [-0.2, 0) is 22.3 Å². The summed E-state index contributed by atoms with van der Waals surface area (Å²) in [5, 5.41) is 17.6. The number of fused-ring (bicyclic) bond motifs is 2. The number of halogens is 3. The quantitative estimate of drug-likeness (QED) is 0.182. The topological polar surface area (TPSA) is 163 Å². The summed E-state index contributed by atoms with van der Waals surface area (Å²) in [5.41, 5.74) is 0.0780. The summed E-state index contributed by atoms with van der Waals surface area (Å²) in [6, 6.07) is 8.42. The number of alkyl halides is 3. The Kier molecular flexibility index (Phi) is 9.28. The maximum absolute atomic E-state index is 13.7. The third-order valence-electron chi connectivity index (χ3n) is 9.76. The number of hydrogen-bond donors (Lipinski definition) is 3. The molecule has 1 spiro atoms. The maximum atomic E-state index is 13.7. The molecule has 0 radical (unpaired) electrons. The summed E-state index contributed by atoms with van der Waals surface area (Å²) < 4.78 is 79.2. The van der Waals surface area contributed by atoms with E-state index in [9.17, 15) is 37.0 Å². The average Bonchev–Trinajstić information content (AvgIpc) is 3.44. The van der Waals surface area contributed by atoms with Crippen molar-refractivity contribution < 1.29 is 46.4 Å². The van der Waals surface area contributed by atoms with E-state index >= 15 is 0 Å². The Bertz CT molecular complexity index is 2110. The van der Waals surface area contributed by atoms with Gasteiger partial charge in [0.25, 0.3) is 0 Å².